The highest BCUT2D eigenvalue weighted by atomic mass is 32.2. The van der Waals surface area contributed by atoms with Crippen molar-refractivity contribution in [1.29, 1.82) is 0 Å². The summed E-state index contributed by atoms with van der Waals surface area (Å²) < 4.78 is 1.56. The lowest BCUT2D eigenvalue weighted by Gasteiger charge is -2.21. The summed E-state index contributed by atoms with van der Waals surface area (Å²) in [6.07, 6.45) is 2.46. The standard InChI is InChI=1S/C21H29N3O2S/c1-5-12-24(13-6-2)19(25)15-27-21-22-16(3)18(20(26)23(21)4)14-17-10-8-7-9-11-17/h7-11H,5-6,12-15H2,1-4H3. The molecule has 5 nitrogen and oxygen atoms in total. The quantitative estimate of drug-likeness (QED) is 0.489. The molecular formula is C21H29N3O2S. The number of nitrogens with zero attached hydrogens (tertiary/aromatic N) is 3. The lowest BCUT2D eigenvalue weighted by atomic mass is 10.1. The van der Waals surface area contributed by atoms with Crippen LogP contribution in [0, 0.1) is 6.92 Å². The van der Waals surface area contributed by atoms with Crippen molar-refractivity contribution in [2.45, 2.75) is 45.2 Å². The summed E-state index contributed by atoms with van der Waals surface area (Å²) in [5.41, 5.74) is 2.49. The van der Waals surface area contributed by atoms with Crippen LogP contribution in [0.2, 0.25) is 0 Å². The Hall–Kier alpha value is -2.08. The summed E-state index contributed by atoms with van der Waals surface area (Å²) >= 11 is 1.34. The summed E-state index contributed by atoms with van der Waals surface area (Å²) in [5.74, 6) is 0.404. The third-order valence-electron chi connectivity index (χ3n) is 4.44. The third kappa shape index (κ3) is 5.70. The minimum atomic E-state index is -0.0414. The molecule has 0 spiro atoms. The number of hydrogen-bond donors (Lipinski definition) is 0. The van der Waals surface area contributed by atoms with Crippen molar-refractivity contribution in [3.8, 4) is 0 Å². The molecular weight excluding hydrogens is 358 g/mol. The minimum absolute atomic E-state index is 0.0414. The van der Waals surface area contributed by atoms with Gasteiger partial charge >= 0.3 is 0 Å². The monoisotopic (exact) mass is 387 g/mol. The van der Waals surface area contributed by atoms with E-state index in [1.54, 1.807) is 11.6 Å². The summed E-state index contributed by atoms with van der Waals surface area (Å²) in [4.78, 5) is 31.8. The van der Waals surface area contributed by atoms with Gasteiger partial charge < -0.3 is 4.90 Å². The fraction of sp³-hybridized carbons (Fsp3) is 0.476. The van der Waals surface area contributed by atoms with Crippen molar-refractivity contribution in [3.63, 3.8) is 0 Å². The molecule has 0 aliphatic heterocycles. The number of rotatable bonds is 9. The fourth-order valence-corrected chi connectivity index (χ4v) is 3.89. The second-order valence-electron chi connectivity index (χ2n) is 6.65. The van der Waals surface area contributed by atoms with Gasteiger partial charge in [0.25, 0.3) is 5.56 Å². The third-order valence-corrected chi connectivity index (χ3v) is 5.45. The number of thioether (sulfide) groups is 1. The van der Waals surface area contributed by atoms with Crippen LogP contribution in [0.3, 0.4) is 0 Å². The van der Waals surface area contributed by atoms with Crippen LogP contribution in [0.1, 0.15) is 43.5 Å². The first-order chi connectivity index (χ1) is 13.0. The Kier molecular flexibility index (Phi) is 8.10. The number of amides is 1. The van der Waals surface area contributed by atoms with Crippen molar-refractivity contribution >= 4 is 17.7 Å². The molecule has 0 atom stereocenters. The topological polar surface area (TPSA) is 55.2 Å². The first-order valence-corrected chi connectivity index (χ1v) is 10.5. The van der Waals surface area contributed by atoms with Crippen LogP contribution < -0.4 is 5.56 Å². The fourth-order valence-electron chi connectivity index (χ4n) is 2.98. The van der Waals surface area contributed by atoms with Gasteiger partial charge in [0.1, 0.15) is 0 Å². The van der Waals surface area contributed by atoms with Gasteiger partial charge in [0.2, 0.25) is 5.91 Å². The highest BCUT2D eigenvalue weighted by Crippen LogP contribution is 2.17. The van der Waals surface area contributed by atoms with Crippen molar-refractivity contribution in [2.75, 3.05) is 18.8 Å². The summed E-state index contributed by atoms with van der Waals surface area (Å²) in [7, 11) is 1.73. The first-order valence-electron chi connectivity index (χ1n) is 9.48. The van der Waals surface area contributed by atoms with Gasteiger partial charge in [0, 0.05) is 37.8 Å². The van der Waals surface area contributed by atoms with Crippen LogP contribution in [-0.4, -0.2) is 39.2 Å². The zero-order valence-electron chi connectivity index (χ0n) is 16.7. The molecule has 0 aliphatic rings. The molecule has 1 aromatic heterocycles. The summed E-state index contributed by atoms with van der Waals surface area (Å²) in [6, 6.07) is 9.92. The van der Waals surface area contributed by atoms with E-state index in [0.29, 0.717) is 22.9 Å². The van der Waals surface area contributed by atoms with Gasteiger partial charge in [-0.3, -0.25) is 14.2 Å². The second-order valence-corrected chi connectivity index (χ2v) is 7.60. The maximum Gasteiger partial charge on any atom is 0.257 e. The molecule has 0 radical (unpaired) electrons. The summed E-state index contributed by atoms with van der Waals surface area (Å²) in [6.45, 7) is 7.56. The number of aromatic nitrogens is 2. The van der Waals surface area contributed by atoms with E-state index >= 15 is 0 Å². The van der Waals surface area contributed by atoms with E-state index in [1.165, 1.54) is 11.8 Å². The highest BCUT2D eigenvalue weighted by Gasteiger charge is 2.16. The van der Waals surface area contributed by atoms with E-state index < -0.39 is 0 Å². The molecule has 6 heteroatoms. The van der Waals surface area contributed by atoms with E-state index in [-0.39, 0.29) is 11.5 Å². The average molecular weight is 388 g/mol. The van der Waals surface area contributed by atoms with Crippen LogP contribution in [0.5, 0.6) is 0 Å². The van der Waals surface area contributed by atoms with E-state index in [0.717, 1.165) is 37.2 Å². The first kappa shape index (κ1) is 21.2. The number of aryl methyl sites for hydroxylation is 1. The normalized spacial score (nSPS) is 10.8. The average Bonchev–Trinajstić information content (AvgIpc) is 2.67. The number of benzene rings is 1. The van der Waals surface area contributed by atoms with E-state index in [2.05, 4.69) is 18.8 Å². The van der Waals surface area contributed by atoms with Crippen LogP contribution in [0.15, 0.2) is 40.3 Å². The predicted octanol–water partition coefficient (Wildman–Crippen LogP) is 3.42. The van der Waals surface area contributed by atoms with Gasteiger partial charge in [0.15, 0.2) is 5.16 Å². The Bertz CT molecular complexity index is 812. The summed E-state index contributed by atoms with van der Waals surface area (Å²) in [5, 5.41) is 0.593. The van der Waals surface area contributed by atoms with E-state index in [9.17, 15) is 9.59 Å². The maximum absolute atomic E-state index is 12.8. The van der Waals surface area contributed by atoms with Gasteiger partial charge in [-0.25, -0.2) is 4.98 Å². The van der Waals surface area contributed by atoms with E-state index in [1.807, 2.05) is 42.2 Å². The Morgan fingerprint density at radius 2 is 1.78 bits per heavy atom. The molecule has 1 amide bonds. The molecule has 2 aromatic rings. The molecule has 0 saturated carbocycles. The predicted molar refractivity (Wildman–Crippen MR) is 111 cm³/mol. The van der Waals surface area contributed by atoms with Crippen LogP contribution in [0.25, 0.3) is 0 Å². The molecule has 2 rings (SSSR count). The zero-order chi connectivity index (χ0) is 19.8. The van der Waals surface area contributed by atoms with Crippen molar-refractivity contribution < 1.29 is 4.79 Å². The molecule has 0 bridgehead atoms. The number of carbonyl (C=O) groups excluding carboxylic acids is 1. The molecule has 146 valence electrons. The Morgan fingerprint density at radius 1 is 1.15 bits per heavy atom. The van der Waals surface area contributed by atoms with Crippen LogP contribution >= 0.6 is 11.8 Å². The SMILES string of the molecule is CCCN(CCC)C(=O)CSc1nc(C)c(Cc2ccccc2)c(=O)n1C. The van der Waals surface area contributed by atoms with Gasteiger partial charge in [-0.1, -0.05) is 55.9 Å². The Morgan fingerprint density at radius 3 is 2.37 bits per heavy atom. The molecule has 27 heavy (non-hydrogen) atoms. The number of carbonyl (C=O) groups is 1. The smallest absolute Gasteiger partial charge is 0.257 e. The van der Waals surface area contributed by atoms with Crippen LogP contribution in [0.4, 0.5) is 0 Å². The lowest BCUT2D eigenvalue weighted by molar-refractivity contribution is -0.128. The molecule has 0 unspecified atom stereocenters. The molecule has 1 aromatic carbocycles. The van der Waals surface area contributed by atoms with Crippen LogP contribution in [-0.2, 0) is 18.3 Å². The van der Waals surface area contributed by atoms with E-state index in [4.69, 9.17) is 0 Å². The van der Waals surface area contributed by atoms with Gasteiger partial charge in [-0.2, -0.15) is 0 Å². The molecule has 0 fully saturated rings. The molecule has 0 N–H and O–H groups in total. The van der Waals surface area contributed by atoms with Crippen molar-refractivity contribution in [3.05, 3.63) is 57.5 Å². The van der Waals surface area contributed by atoms with Crippen molar-refractivity contribution in [1.82, 2.24) is 14.5 Å². The van der Waals surface area contributed by atoms with Crippen molar-refractivity contribution in [2.24, 2.45) is 7.05 Å². The van der Waals surface area contributed by atoms with Gasteiger partial charge in [-0.05, 0) is 25.3 Å². The lowest BCUT2D eigenvalue weighted by Crippen LogP contribution is -2.34. The minimum Gasteiger partial charge on any atom is -0.342 e. The van der Waals surface area contributed by atoms with Gasteiger partial charge in [-0.15, -0.1) is 0 Å². The largest absolute Gasteiger partial charge is 0.342 e. The Balaban J connectivity index is 2.15. The zero-order valence-corrected chi connectivity index (χ0v) is 17.5. The molecule has 1 heterocycles. The van der Waals surface area contributed by atoms with Gasteiger partial charge in [0.05, 0.1) is 5.75 Å². The molecule has 0 aliphatic carbocycles. The molecule has 0 saturated heterocycles. The maximum atomic E-state index is 12.8. The Labute approximate surface area is 165 Å². The highest BCUT2D eigenvalue weighted by molar-refractivity contribution is 7.99. The number of hydrogen-bond acceptors (Lipinski definition) is 4. The second kappa shape index (κ2) is 10.3.